The first-order valence-corrected chi connectivity index (χ1v) is 42.0. The van der Waals surface area contributed by atoms with Gasteiger partial charge in [0, 0.05) is 0 Å². The van der Waals surface area contributed by atoms with Gasteiger partial charge >= 0.3 is 302 Å². The van der Waals surface area contributed by atoms with Gasteiger partial charge in [0.1, 0.15) is 0 Å². The van der Waals surface area contributed by atoms with Crippen molar-refractivity contribution >= 4 is 40.4 Å². The zero-order valence-electron chi connectivity index (χ0n) is 32.8. The summed E-state index contributed by atoms with van der Waals surface area (Å²) in [6.45, 7) is 41.4. The molecular formula is C41H66Si5Zr. The minimum absolute atomic E-state index is 0.282. The number of rotatable bonds is 12. The van der Waals surface area contributed by atoms with Crippen LogP contribution in [0.25, 0.3) is 0 Å². The molecular weight excluding hydrogens is 724 g/mol. The Morgan fingerprint density at radius 3 is 0.936 bits per heavy atom. The van der Waals surface area contributed by atoms with E-state index in [1.165, 1.54) is 12.4 Å². The Hall–Kier alpha value is -0.892. The maximum atomic E-state index is 2.81. The van der Waals surface area contributed by atoms with Crippen molar-refractivity contribution in [2.24, 2.45) is 0 Å². The third-order valence-corrected chi connectivity index (χ3v) is 41.8. The molecule has 4 rings (SSSR count). The SMILES string of the molecule is C[Si](C)(C)C1=C([Si](C)(C)C)C([Si](C)(C)C)([Si](C)(C)C)[C]([Zr]([CH2]c2ccccc2)([CH2]c2ccccc2)[CH2]c2ccccc2)=C1[Si](C)(C)C. The molecule has 0 saturated carbocycles. The molecule has 47 heavy (non-hydrogen) atoms. The fraction of sp³-hybridized carbons (Fsp3) is 0.463. The van der Waals surface area contributed by atoms with Crippen LogP contribution in [0, 0.1) is 0 Å². The quantitative estimate of drug-likeness (QED) is 0.160. The van der Waals surface area contributed by atoms with Crippen LogP contribution in [0.3, 0.4) is 0 Å². The summed E-state index contributed by atoms with van der Waals surface area (Å²) in [5, 5.41) is 6.08. The zero-order chi connectivity index (χ0) is 35.3. The Morgan fingerprint density at radius 2 is 0.702 bits per heavy atom. The van der Waals surface area contributed by atoms with Crippen LogP contribution in [-0.2, 0) is 32.7 Å². The minimum atomic E-state index is -3.55. The number of hydrogen-bond acceptors (Lipinski definition) is 0. The van der Waals surface area contributed by atoms with Crippen LogP contribution in [0.5, 0.6) is 0 Å². The Kier molecular flexibility index (Phi) is 11.3. The predicted octanol–water partition coefficient (Wildman–Crippen LogP) is 12.9. The van der Waals surface area contributed by atoms with E-state index in [9.17, 15) is 0 Å². The molecule has 1 aliphatic carbocycles. The third kappa shape index (κ3) is 7.73. The van der Waals surface area contributed by atoms with Gasteiger partial charge in [-0.3, -0.25) is 0 Å². The number of hydrogen-bond donors (Lipinski definition) is 0. The fourth-order valence-electron chi connectivity index (χ4n) is 9.89. The molecule has 0 spiro atoms. The number of allylic oxidation sites excluding steroid dienone is 4. The van der Waals surface area contributed by atoms with Crippen LogP contribution in [0.4, 0.5) is 0 Å². The molecule has 0 heterocycles. The molecule has 6 heteroatoms. The van der Waals surface area contributed by atoms with Gasteiger partial charge in [-0.1, -0.05) is 0 Å². The van der Waals surface area contributed by atoms with Crippen LogP contribution in [0.15, 0.2) is 110 Å². The van der Waals surface area contributed by atoms with Gasteiger partial charge < -0.3 is 0 Å². The number of benzene rings is 3. The standard InChI is InChI=1S/C20H45Si5.3C7H7.Zr/c1-21(2,3)17-16-20(24(10,11)12,25(13,14)15)19(23(7,8)9)18(17)22(4,5)6;3*1-7-5-3-2-4-6-7;/h1-15H3;3*2-6H,1H2;. The van der Waals surface area contributed by atoms with Crippen molar-refractivity contribution in [3.8, 4) is 0 Å². The summed E-state index contributed by atoms with van der Waals surface area (Å²) in [5.41, 5.74) is 4.73. The van der Waals surface area contributed by atoms with Crippen molar-refractivity contribution in [3.63, 3.8) is 0 Å². The van der Waals surface area contributed by atoms with E-state index in [-0.39, 0.29) is 4.66 Å². The second-order valence-corrected chi connectivity index (χ2v) is 55.9. The van der Waals surface area contributed by atoms with E-state index in [0.29, 0.717) is 0 Å². The van der Waals surface area contributed by atoms with Gasteiger partial charge in [-0.25, -0.2) is 0 Å². The molecule has 0 radical (unpaired) electrons. The summed E-state index contributed by atoms with van der Waals surface area (Å²) in [6, 6.07) is 35.4. The van der Waals surface area contributed by atoms with E-state index >= 15 is 0 Å². The first-order chi connectivity index (χ1) is 21.5. The van der Waals surface area contributed by atoms with E-state index in [1.807, 2.05) is 10.4 Å². The van der Waals surface area contributed by atoms with Gasteiger partial charge in [-0.05, 0) is 0 Å². The van der Waals surface area contributed by atoms with Crippen LogP contribution < -0.4 is 0 Å². The van der Waals surface area contributed by atoms with E-state index in [4.69, 9.17) is 0 Å². The molecule has 0 aromatic heterocycles. The van der Waals surface area contributed by atoms with Crippen LogP contribution in [0.1, 0.15) is 16.7 Å². The molecule has 254 valence electrons. The van der Waals surface area contributed by atoms with Crippen LogP contribution in [-0.4, -0.2) is 40.4 Å². The molecule has 0 aliphatic heterocycles. The molecule has 3 aromatic carbocycles. The van der Waals surface area contributed by atoms with Crippen LogP contribution in [0.2, 0.25) is 103 Å². The summed E-state index contributed by atoms with van der Waals surface area (Å²) in [7, 11) is -9.07. The average Bonchev–Trinajstić information content (AvgIpc) is 3.32. The maximum absolute atomic E-state index is 3.55. The molecule has 0 N–H and O–H groups in total. The predicted molar refractivity (Wildman–Crippen MR) is 224 cm³/mol. The summed E-state index contributed by atoms with van der Waals surface area (Å²) < 4.78 is 6.31. The van der Waals surface area contributed by atoms with Crippen LogP contribution >= 0.6 is 0 Å². The molecule has 0 fully saturated rings. The Morgan fingerprint density at radius 1 is 0.404 bits per heavy atom. The molecule has 0 amide bonds. The summed E-state index contributed by atoms with van der Waals surface area (Å²) in [5.74, 6) is 0. The third-order valence-electron chi connectivity index (χ3n) is 10.7. The second kappa shape index (κ2) is 13.7. The van der Waals surface area contributed by atoms with E-state index < -0.39 is 60.6 Å². The van der Waals surface area contributed by atoms with Crippen molar-refractivity contribution < 1.29 is 20.3 Å². The van der Waals surface area contributed by atoms with Gasteiger partial charge in [-0.15, -0.1) is 0 Å². The molecule has 0 unspecified atom stereocenters. The molecule has 1 aliphatic rings. The Balaban J connectivity index is 2.38. The molecule has 0 bridgehead atoms. The van der Waals surface area contributed by atoms with Crippen molar-refractivity contribution in [3.05, 3.63) is 127 Å². The van der Waals surface area contributed by atoms with Gasteiger partial charge in [0.15, 0.2) is 0 Å². The zero-order valence-corrected chi connectivity index (χ0v) is 40.2. The average molecular weight is 791 g/mol. The monoisotopic (exact) mass is 788 g/mol. The molecule has 0 atom stereocenters. The van der Waals surface area contributed by atoms with Crippen molar-refractivity contribution in [1.82, 2.24) is 0 Å². The van der Waals surface area contributed by atoms with E-state index in [1.54, 1.807) is 16.7 Å². The Labute approximate surface area is 300 Å². The summed E-state index contributed by atoms with van der Waals surface area (Å²) >= 11 is -3.55. The van der Waals surface area contributed by atoms with Gasteiger partial charge in [-0.2, -0.15) is 0 Å². The van der Waals surface area contributed by atoms with Crippen molar-refractivity contribution in [2.45, 2.75) is 115 Å². The topological polar surface area (TPSA) is 0 Å². The summed E-state index contributed by atoms with van der Waals surface area (Å²) in [4.78, 5) is 0. The second-order valence-electron chi connectivity index (χ2n) is 19.8. The van der Waals surface area contributed by atoms with Gasteiger partial charge in [0.2, 0.25) is 0 Å². The van der Waals surface area contributed by atoms with Gasteiger partial charge in [0.25, 0.3) is 0 Å². The first kappa shape index (κ1) is 38.9. The van der Waals surface area contributed by atoms with E-state index in [2.05, 4.69) is 198 Å². The molecule has 0 nitrogen and oxygen atoms in total. The normalized spacial score (nSPS) is 16.7. The van der Waals surface area contributed by atoms with Gasteiger partial charge in [0.05, 0.1) is 0 Å². The van der Waals surface area contributed by atoms with Crippen molar-refractivity contribution in [1.29, 1.82) is 0 Å². The molecule has 0 saturated heterocycles. The van der Waals surface area contributed by atoms with Crippen molar-refractivity contribution in [2.75, 3.05) is 0 Å². The molecule has 3 aromatic rings. The Bertz CT molecular complexity index is 1470. The fourth-order valence-corrected chi connectivity index (χ4v) is 65.0. The summed E-state index contributed by atoms with van der Waals surface area (Å²) in [6.07, 6.45) is 0. The first-order valence-electron chi connectivity index (χ1n) is 18.1. The van der Waals surface area contributed by atoms with E-state index in [0.717, 1.165) is 0 Å².